The van der Waals surface area contributed by atoms with Gasteiger partial charge in [0.1, 0.15) is 6.54 Å². The van der Waals surface area contributed by atoms with Crippen molar-refractivity contribution < 1.29 is 28.5 Å². The van der Waals surface area contributed by atoms with E-state index < -0.39 is 0 Å². The van der Waals surface area contributed by atoms with Crippen LogP contribution in [0.3, 0.4) is 0 Å². The lowest BCUT2D eigenvalue weighted by Crippen LogP contribution is -3.00. The van der Waals surface area contributed by atoms with Crippen molar-refractivity contribution in [3.63, 3.8) is 0 Å². The van der Waals surface area contributed by atoms with Crippen LogP contribution >= 0.6 is 11.6 Å². The number of nitrogens with zero attached hydrogens (tertiary/aromatic N) is 1. The Hall–Kier alpha value is -0.0600. The minimum absolute atomic E-state index is 0. The molecule has 0 bridgehead atoms. The molecule has 1 nitrogen and oxygen atoms in total. The van der Waals surface area contributed by atoms with Gasteiger partial charge in [-0.2, -0.15) is 0 Å². The molecule has 84 valence electrons. The van der Waals surface area contributed by atoms with Crippen LogP contribution < -0.4 is 24.0 Å². The highest BCUT2D eigenvalue weighted by Gasteiger charge is 2.10. The van der Waals surface area contributed by atoms with Gasteiger partial charge in [-0.3, -0.25) is 0 Å². The molecule has 0 aliphatic heterocycles. The molecular weight excluding hydrogens is 320 g/mol. The first-order valence-corrected chi connectivity index (χ1v) is 5.00. The average Bonchev–Trinajstić information content (AvgIpc) is 2.02. The van der Waals surface area contributed by atoms with Gasteiger partial charge in [0, 0.05) is 10.6 Å². The van der Waals surface area contributed by atoms with E-state index in [0.717, 1.165) is 21.6 Å². The smallest absolute Gasteiger partial charge is 0.104 e. The summed E-state index contributed by atoms with van der Waals surface area (Å²) in [5.41, 5.74) is 2.32. The van der Waals surface area contributed by atoms with E-state index in [2.05, 4.69) is 27.7 Å². The van der Waals surface area contributed by atoms with Gasteiger partial charge in [-0.25, -0.2) is 0 Å². The Morgan fingerprint density at radius 1 is 1.20 bits per heavy atom. The summed E-state index contributed by atoms with van der Waals surface area (Å²) in [5, 5.41) is 0.770. The van der Waals surface area contributed by atoms with Crippen molar-refractivity contribution in [3.05, 3.63) is 41.4 Å². The van der Waals surface area contributed by atoms with Crippen molar-refractivity contribution >= 4 is 17.2 Å². The van der Waals surface area contributed by atoms with Crippen LogP contribution in [0.1, 0.15) is 5.56 Å². The molecule has 1 rings (SSSR count). The van der Waals surface area contributed by atoms with E-state index in [-0.39, 0.29) is 24.0 Å². The molecule has 0 unspecified atom stereocenters. The van der Waals surface area contributed by atoms with Crippen molar-refractivity contribution in [2.24, 2.45) is 0 Å². The van der Waals surface area contributed by atoms with Crippen LogP contribution in [0.4, 0.5) is 0 Å². The minimum atomic E-state index is 0. The molecule has 0 fully saturated rings. The molecule has 0 aliphatic rings. The van der Waals surface area contributed by atoms with Gasteiger partial charge in [0.25, 0.3) is 0 Å². The van der Waals surface area contributed by atoms with E-state index in [9.17, 15) is 0 Å². The number of hydrogen-bond donors (Lipinski definition) is 0. The maximum atomic E-state index is 5.82. The molecular formula is C12H17ClIN. The number of halogens is 2. The molecule has 3 heteroatoms. The van der Waals surface area contributed by atoms with Crippen LogP contribution in [-0.4, -0.2) is 32.2 Å². The average molecular weight is 338 g/mol. The van der Waals surface area contributed by atoms with Crippen molar-refractivity contribution in [2.45, 2.75) is 0 Å². The van der Waals surface area contributed by atoms with E-state index >= 15 is 0 Å². The number of benzene rings is 1. The summed E-state index contributed by atoms with van der Waals surface area (Å²) in [6.45, 7) is 5.03. The zero-order valence-corrected chi connectivity index (χ0v) is 12.3. The highest BCUT2D eigenvalue weighted by atomic mass is 127. The maximum Gasteiger partial charge on any atom is 0.104 e. The Morgan fingerprint density at radius 2 is 1.67 bits per heavy atom. The number of likely N-dealkylation sites (N-methyl/N-ethyl adjacent to an activating group) is 1. The molecule has 0 N–H and O–H groups in total. The molecule has 0 radical (unpaired) electrons. The second kappa shape index (κ2) is 5.87. The lowest BCUT2D eigenvalue weighted by atomic mass is 10.1. The van der Waals surface area contributed by atoms with Crippen molar-refractivity contribution in [3.8, 4) is 0 Å². The third-order valence-electron chi connectivity index (χ3n) is 1.92. The van der Waals surface area contributed by atoms with Crippen LogP contribution in [0.2, 0.25) is 5.02 Å². The quantitative estimate of drug-likeness (QED) is 0.541. The predicted octanol–water partition coefficient (Wildman–Crippen LogP) is 0.0634. The first kappa shape index (κ1) is 14.9. The van der Waals surface area contributed by atoms with E-state index in [1.807, 2.05) is 24.3 Å². The molecule has 0 atom stereocenters. The van der Waals surface area contributed by atoms with Crippen LogP contribution in [0.15, 0.2) is 30.8 Å². The van der Waals surface area contributed by atoms with Gasteiger partial charge in [-0.1, -0.05) is 30.3 Å². The van der Waals surface area contributed by atoms with Gasteiger partial charge < -0.3 is 28.5 Å². The standard InChI is InChI=1S/C12H17ClN.HI/c1-10(9-14(2,3)4)11-5-7-12(13)8-6-11;/h5-8H,1,9H2,2-4H3;1H/q+1;/p-1. The van der Waals surface area contributed by atoms with Crippen LogP contribution in [0, 0.1) is 0 Å². The summed E-state index contributed by atoms with van der Waals surface area (Å²) in [5.74, 6) is 0. The molecule has 1 aromatic rings. The summed E-state index contributed by atoms with van der Waals surface area (Å²) >= 11 is 5.82. The van der Waals surface area contributed by atoms with E-state index in [0.29, 0.717) is 0 Å². The Labute approximate surface area is 114 Å². The first-order chi connectivity index (χ1) is 6.38. The van der Waals surface area contributed by atoms with Crippen LogP contribution in [0.5, 0.6) is 0 Å². The third-order valence-corrected chi connectivity index (χ3v) is 2.17. The molecule has 0 saturated heterocycles. The zero-order valence-electron chi connectivity index (χ0n) is 9.43. The number of hydrogen-bond acceptors (Lipinski definition) is 0. The summed E-state index contributed by atoms with van der Waals surface area (Å²) in [6, 6.07) is 7.83. The third kappa shape index (κ3) is 5.54. The topological polar surface area (TPSA) is 0 Å². The molecule has 1 aromatic carbocycles. The van der Waals surface area contributed by atoms with Gasteiger partial charge in [0.15, 0.2) is 0 Å². The van der Waals surface area contributed by atoms with E-state index in [4.69, 9.17) is 11.6 Å². The van der Waals surface area contributed by atoms with Gasteiger partial charge >= 0.3 is 0 Å². The second-order valence-corrected chi connectivity index (χ2v) is 5.00. The SMILES string of the molecule is C=C(C[N+](C)(C)C)c1ccc(Cl)cc1.[I-]. The molecule has 15 heavy (non-hydrogen) atoms. The Morgan fingerprint density at radius 3 is 2.07 bits per heavy atom. The molecule has 0 aromatic heterocycles. The van der Waals surface area contributed by atoms with Crippen molar-refractivity contribution in [2.75, 3.05) is 27.7 Å². The first-order valence-electron chi connectivity index (χ1n) is 4.63. The number of rotatable bonds is 3. The molecule has 0 spiro atoms. The Balaban J connectivity index is 0.00000196. The van der Waals surface area contributed by atoms with Gasteiger partial charge in [0.2, 0.25) is 0 Å². The van der Waals surface area contributed by atoms with E-state index in [1.165, 1.54) is 5.56 Å². The summed E-state index contributed by atoms with van der Waals surface area (Å²) < 4.78 is 0.890. The van der Waals surface area contributed by atoms with E-state index in [1.54, 1.807) is 0 Å². The minimum Gasteiger partial charge on any atom is -1.00 e. The molecule has 0 saturated carbocycles. The normalized spacial score (nSPS) is 10.7. The fraction of sp³-hybridized carbons (Fsp3) is 0.333. The Bertz CT molecular complexity index is 324. The second-order valence-electron chi connectivity index (χ2n) is 4.56. The van der Waals surface area contributed by atoms with Gasteiger partial charge in [0.05, 0.1) is 21.1 Å². The highest BCUT2D eigenvalue weighted by molar-refractivity contribution is 6.30. The summed E-state index contributed by atoms with van der Waals surface area (Å²) in [6.07, 6.45) is 0. The lowest BCUT2D eigenvalue weighted by Gasteiger charge is -2.25. The summed E-state index contributed by atoms with van der Waals surface area (Å²) in [7, 11) is 6.46. The lowest BCUT2D eigenvalue weighted by molar-refractivity contribution is -0.862. The monoisotopic (exact) mass is 337 g/mol. The predicted molar refractivity (Wildman–Crippen MR) is 63.4 cm³/mol. The zero-order chi connectivity index (χ0) is 10.8. The van der Waals surface area contributed by atoms with Crippen LogP contribution in [-0.2, 0) is 0 Å². The maximum absolute atomic E-state index is 5.82. The van der Waals surface area contributed by atoms with Gasteiger partial charge in [-0.05, 0) is 17.7 Å². The molecule has 0 heterocycles. The van der Waals surface area contributed by atoms with Crippen molar-refractivity contribution in [1.29, 1.82) is 0 Å². The van der Waals surface area contributed by atoms with Gasteiger partial charge in [-0.15, -0.1) is 0 Å². The van der Waals surface area contributed by atoms with Crippen LogP contribution in [0.25, 0.3) is 5.57 Å². The highest BCUT2D eigenvalue weighted by Crippen LogP contribution is 2.17. The Kier molecular flexibility index (Phi) is 5.85. The summed E-state index contributed by atoms with van der Waals surface area (Å²) in [4.78, 5) is 0. The molecule has 0 amide bonds. The largest absolute Gasteiger partial charge is 1.00 e. The molecule has 0 aliphatic carbocycles. The van der Waals surface area contributed by atoms with Crippen molar-refractivity contribution in [1.82, 2.24) is 0 Å². The fourth-order valence-corrected chi connectivity index (χ4v) is 1.48. The fourth-order valence-electron chi connectivity index (χ4n) is 1.35. The number of quaternary nitrogens is 1.